The van der Waals surface area contributed by atoms with E-state index in [1.54, 1.807) is 18.4 Å². The van der Waals surface area contributed by atoms with Gasteiger partial charge in [-0.2, -0.15) is 0 Å². The van der Waals surface area contributed by atoms with Crippen molar-refractivity contribution < 1.29 is 4.84 Å². The third-order valence-corrected chi connectivity index (χ3v) is 3.91. The molecule has 0 fully saturated rings. The minimum absolute atomic E-state index is 0.714. The van der Waals surface area contributed by atoms with Crippen molar-refractivity contribution in [2.45, 2.75) is 0 Å². The second kappa shape index (κ2) is 5.07. The van der Waals surface area contributed by atoms with Gasteiger partial charge in [-0.1, -0.05) is 34.6 Å². The first kappa shape index (κ1) is 12.3. The largest absolute Gasteiger partial charge is 0.399 e. The number of hydrogen-bond acceptors (Lipinski definition) is 3. The van der Waals surface area contributed by atoms with Crippen LogP contribution >= 0.6 is 22.9 Å². The zero-order valence-corrected chi connectivity index (χ0v) is 11.8. The highest BCUT2D eigenvalue weighted by Gasteiger charge is 2.12. The first-order valence-corrected chi connectivity index (χ1v) is 6.98. The molecule has 3 aromatic rings. The van der Waals surface area contributed by atoms with Crippen molar-refractivity contribution >= 4 is 22.9 Å². The SMILES string of the molecule is COn1nc(-c2cccs2)cc1-c1ccc(Cl)cc1. The van der Waals surface area contributed by atoms with Crippen LogP contribution in [0.1, 0.15) is 0 Å². The quantitative estimate of drug-likeness (QED) is 0.729. The molecular formula is C14H11ClN2OS. The van der Waals surface area contributed by atoms with Crippen LogP contribution < -0.4 is 4.84 Å². The van der Waals surface area contributed by atoms with Crippen molar-refractivity contribution in [2.75, 3.05) is 7.11 Å². The maximum Gasteiger partial charge on any atom is 0.111 e. The fourth-order valence-electron chi connectivity index (χ4n) is 1.86. The molecule has 0 aliphatic rings. The lowest BCUT2D eigenvalue weighted by Gasteiger charge is -2.04. The Morgan fingerprint density at radius 2 is 2.00 bits per heavy atom. The second-order valence-electron chi connectivity index (χ2n) is 3.95. The summed E-state index contributed by atoms with van der Waals surface area (Å²) in [6, 6.07) is 13.7. The fourth-order valence-corrected chi connectivity index (χ4v) is 2.67. The molecule has 2 aromatic heterocycles. The number of thiophene rings is 1. The number of rotatable bonds is 3. The van der Waals surface area contributed by atoms with Gasteiger partial charge in [-0.25, -0.2) is 0 Å². The molecule has 0 saturated heterocycles. The summed E-state index contributed by atoms with van der Waals surface area (Å²) in [6.45, 7) is 0. The van der Waals surface area contributed by atoms with Crippen LogP contribution in [-0.4, -0.2) is 17.1 Å². The molecule has 0 unspecified atom stereocenters. The summed E-state index contributed by atoms with van der Waals surface area (Å²) < 4.78 is 0. The van der Waals surface area contributed by atoms with Crippen molar-refractivity contribution in [3.05, 3.63) is 52.9 Å². The van der Waals surface area contributed by atoms with E-state index in [1.807, 2.05) is 47.8 Å². The number of benzene rings is 1. The van der Waals surface area contributed by atoms with Crippen molar-refractivity contribution in [1.29, 1.82) is 0 Å². The minimum Gasteiger partial charge on any atom is -0.399 e. The van der Waals surface area contributed by atoms with E-state index in [2.05, 4.69) is 5.10 Å². The van der Waals surface area contributed by atoms with Gasteiger partial charge in [0.25, 0.3) is 0 Å². The maximum absolute atomic E-state index is 5.91. The number of hydrogen-bond donors (Lipinski definition) is 0. The zero-order valence-electron chi connectivity index (χ0n) is 10.2. The van der Waals surface area contributed by atoms with Gasteiger partial charge in [-0.05, 0) is 29.6 Å². The van der Waals surface area contributed by atoms with Gasteiger partial charge in [0, 0.05) is 10.6 Å². The third-order valence-electron chi connectivity index (χ3n) is 2.76. The van der Waals surface area contributed by atoms with Crippen LogP contribution in [0.3, 0.4) is 0 Å². The molecule has 1 aromatic carbocycles. The highest BCUT2D eigenvalue weighted by Crippen LogP contribution is 2.28. The first-order valence-electron chi connectivity index (χ1n) is 5.72. The fraction of sp³-hybridized carbons (Fsp3) is 0.0714. The molecule has 3 nitrogen and oxygen atoms in total. The number of halogens is 1. The first-order chi connectivity index (χ1) is 9.28. The molecule has 3 rings (SSSR count). The number of aromatic nitrogens is 2. The normalized spacial score (nSPS) is 10.6. The lowest BCUT2D eigenvalue weighted by molar-refractivity contribution is 0.139. The Labute approximate surface area is 120 Å². The average Bonchev–Trinajstić information content (AvgIpc) is 3.08. The molecule has 19 heavy (non-hydrogen) atoms. The molecule has 2 heterocycles. The van der Waals surface area contributed by atoms with Crippen LogP contribution in [0, 0.1) is 0 Å². The maximum atomic E-state index is 5.91. The van der Waals surface area contributed by atoms with Crippen LogP contribution in [-0.2, 0) is 0 Å². The van der Waals surface area contributed by atoms with E-state index in [0.29, 0.717) is 5.02 Å². The molecule has 0 aliphatic carbocycles. The third kappa shape index (κ3) is 2.37. The predicted octanol–water partition coefficient (Wildman–Crippen LogP) is 3.99. The Bertz CT molecular complexity index is 674. The smallest absolute Gasteiger partial charge is 0.111 e. The van der Waals surface area contributed by atoms with E-state index in [-0.39, 0.29) is 0 Å². The lowest BCUT2D eigenvalue weighted by atomic mass is 10.1. The molecule has 0 aliphatic heterocycles. The lowest BCUT2D eigenvalue weighted by Crippen LogP contribution is -2.09. The molecule has 0 radical (unpaired) electrons. The Hall–Kier alpha value is -1.78. The second-order valence-corrected chi connectivity index (χ2v) is 5.34. The standard InChI is InChI=1S/C14H11ClN2OS/c1-18-17-13(10-4-6-11(15)7-5-10)9-12(16-17)14-3-2-8-19-14/h2-9H,1H3. The van der Waals surface area contributed by atoms with Crippen molar-refractivity contribution in [3.8, 4) is 21.8 Å². The minimum atomic E-state index is 0.714. The van der Waals surface area contributed by atoms with Crippen LogP contribution in [0.15, 0.2) is 47.8 Å². The van der Waals surface area contributed by atoms with Gasteiger partial charge in [0.15, 0.2) is 0 Å². The molecule has 0 bridgehead atoms. The van der Waals surface area contributed by atoms with Gasteiger partial charge in [-0.3, -0.25) is 0 Å². The molecule has 96 valence electrons. The van der Waals surface area contributed by atoms with Crippen molar-refractivity contribution in [1.82, 2.24) is 9.94 Å². The highest BCUT2D eigenvalue weighted by atomic mass is 35.5. The molecular weight excluding hydrogens is 280 g/mol. The molecule has 0 amide bonds. The Balaban J connectivity index is 2.08. The highest BCUT2D eigenvalue weighted by molar-refractivity contribution is 7.13. The van der Waals surface area contributed by atoms with Crippen molar-refractivity contribution in [3.63, 3.8) is 0 Å². The predicted molar refractivity (Wildman–Crippen MR) is 78.5 cm³/mol. The van der Waals surface area contributed by atoms with Crippen LogP contribution in [0.5, 0.6) is 0 Å². The van der Waals surface area contributed by atoms with E-state index < -0.39 is 0 Å². The summed E-state index contributed by atoms with van der Waals surface area (Å²) >= 11 is 7.56. The molecule has 0 saturated carbocycles. The van der Waals surface area contributed by atoms with Gasteiger partial charge in [0.05, 0.1) is 4.88 Å². The van der Waals surface area contributed by atoms with Crippen molar-refractivity contribution in [2.24, 2.45) is 0 Å². The molecule has 5 heteroatoms. The van der Waals surface area contributed by atoms with Crippen LogP contribution in [0.25, 0.3) is 21.8 Å². The van der Waals surface area contributed by atoms with Crippen LogP contribution in [0.4, 0.5) is 0 Å². The van der Waals surface area contributed by atoms with Gasteiger partial charge in [0.2, 0.25) is 0 Å². The topological polar surface area (TPSA) is 27.1 Å². The Kier molecular flexibility index (Phi) is 3.27. The van der Waals surface area contributed by atoms with E-state index in [0.717, 1.165) is 21.8 Å². The average molecular weight is 291 g/mol. The Morgan fingerprint density at radius 3 is 2.63 bits per heavy atom. The monoisotopic (exact) mass is 290 g/mol. The molecule has 0 N–H and O–H groups in total. The van der Waals surface area contributed by atoms with Gasteiger partial charge in [0.1, 0.15) is 18.5 Å². The van der Waals surface area contributed by atoms with Gasteiger partial charge >= 0.3 is 0 Å². The van der Waals surface area contributed by atoms with E-state index in [1.165, 1.54) is 4.85 Å². The summed E-state index contributed by atoms with van der Waals surface area (Å²) in [6.07, 6.45) is 0. The number of nitrogens with zero attached hydrogens (tertiary/aromatic N) is 2. The van der Waals surface area contributed by atoms with Crippen LogP contribution in [0.2, 0.25) is 5.02 Å². The zero-order chi connectivity index (χ0) is 13.2. The van der Waals surface area contributed by atoms with E-state index in [9.17, 15) is 0 Å². The van der Waals surface area contributed by atoms with Gasteiger partial charge < -0.3 is 4.84 Å². The van der Waals surface area contributed by atoms with E-state index in [4.69, 9.17) is 16.4 Å². The molecule has 0 atom stereocenters. The van der Waals surface area contributed by atoms with E-state index >= 15 is 0 Å². The molecule has 0 spiro atoms. The summed E-state index contributed by atoms with van der Waals surface area (Å²) in [5.74, 6) is 0. The summed E-state index contributed by atoms with van der Waals surface area (Å²) in [7, 11) is 1.60. The summed E-state index contributed by atoms with van der Waals surface area (Å²) in [5.41, 5.74) is 2.82. The Morgan fingerprint density at radius 1 is 1.21 bits per heavy atom. The van der Waals surface area contributed by atoms with Gasteiger partial charge in [-0.15, -0.1) is 16.4 Å². The summed E-state index contributed by atoms with van der Waals surface area (Å²) in [4.78, 5) is 7.93. The summed E-state index contributed by atoms with van der Waals surface area (Å²) in [5, 5.41) is 7.19.